The van der Waals surface area contributed by atoms with Crippen LogP contribution < -0.4 is 5.73 Å². The SMILES string of the molecule is Cc1[nH]c2c(c1C(C)N)CCC2. The molecule has 1 atom stereocenters. The van der Waals surface area contributed by atoms with Gasteiger partial charge in [-0.1, -0.05) is 0 Å². The Morgan fingerprint density at radius 2 is 2.17 bits per heavy atom. The van der Waals surface area contributed by atoms with Crippen molar-refractivity contribution < 1.29 is 0 Å². The van der Waals surface area contributed by atoms with Crippen molar-refractivity contribution in [3.8, 4) is 0 Å². The van der Waals surface area contributed by atoms with E-state index in [1.165, 1.54) is 41.8 Å². The first-order chi connectivity index (χ1) is 5.70. The number of H-pyrrole nitrogens is 1. The van der Waals surface area contributed by atoms with Crippen LogP contribution in [0.3, 0.4) is 0 Å². The number of hydrogen-bond acceptors (Lipinski definition) is 1. The van der Waals surface area contributed by atoms with Gasteiger partial charge in [-0.25, -0.2) is 0 Å². The van der Waals surface area contributed by atoms with Gasteiger partial charge in [0.2, 0.25) is 0 Å². The van der Waals surface area contributed by atoms with Gasteiger partial charge in [0.25, 0.3) is 0 Å². The number of aromatic amines is 1. The van der Waals surface area contributed by atoms with Crippen LogP contribution in [-0.2, 0) is 12.8 Å². The van der Waals surface area contributed by atoms with Crippen molar-refractivity contribution in [1.82, 2.24) is 4.98 Å². The lowest BCUT2D eigenvalue weighted by Gasteiger charge is -2.06. The molecule has 2 nitrogen and oxygen atoms in total. The van der Waals surface area contributed by atoms with Crippen LogP contribution in [0.15, 0.2) is 0 Å². The minimum atomic E-state index is 0.183. The third-order valence-electron chi connectivity index (χ3n) is 2.74. The Morgan fingerprint density at radius 3 is 2.83 bits per heavy atom. The fourth-order valence-corrected chi connectivity index (χ4v) is 2.32. The second kappa shape index (κ2) is 2.63. The fourth-order valence-electron chi connectivity index (χ4n) is 2.32. The first-order valence-electron chi connectivity index (χ1n) is 4.66. The number of rotatable bonds is 1. The van der Waals surface area contributed by atoms with Gasteiger partial charge >= 0.3 is 0 Å². The van der Waals surface area contributed by atoms with Gasteiger partial charge in [0, 0.05) is 17.4 Å². The Morgan fingerprint density at radius 1 is 1.42 bits per heavy atom. The van der Waals surface area contributed by atoms with Crippen LogP contribution in [0.25, 0.3) is 0 Å². The predicted molar refractivity (Wildman–Crippen MR) is 50.2 cm³/mol. The molecular weight excluding hydrogens is 148 g/mol. The summed E-state index contributed by atoms with van der Waals surface area (Å²) in [6.45, 7) is 4.19. The van der Waals surface area contributed by atoms with Gasteiger partial charge in [-0.05, 0) is 44.2 Å². The Kier molecular flexibility index (Phi) is 1.72. The molecule has 0 aliphatic heterocycles. The van der Waals surface area contributed by atoms with E-state index >= 15 is 0 Å². The maximum Gasteiger partial charge on any atom is 0.0286 e. The van der Waals surface area contributed by atoms with Crippen LogP contribution in [0.2, 0.25) is 0 Å². The van der Waals surface area contributed by atoms with E-state index in [0.717, 1.165) is 0 Å². The summed E-state index contributed by atoms with van der Waals surface area (Å²) in [7, 11) is 0. The molecule has 0 bridgehead atoms. The summed E-state index contributed by atoms with van der Waals surface area (Å²) in [4.78, 5) is 3.43. The van der Waals surface area contributed by atoms with Crippen molar-refractivity contribution in [3.63, 3.8) is 0 Å². The summed E-state index contributed by atoms with van der Waals surface area (Å²) in [5, 5.41) is 0. The molecule has 1 aliphatic carbocycles. The molecule has 0 amide bonds. The van der Waals surface area contributed by atoms with E-state index in [-0.39, 0.29) is 6.04 Å². The molecule has 0 saturated carbocycles. The molecule has 3 N–H and O–H groups in total. The maximum absolute atomic E-state index is 5.91. The zero-order valence-corrected chi connectivity index (χ0v) is 7.78. The molecule has 1 aromatic heterocycles. The first-order valence-corrected chi connectivity index (χ1v) is 4.66. The molecule has 0 spiro atoms. The normalized spacial score (nSPS) is 17.9. The molecule has 0 saturated heterocycles. The van der Waals surface area contributed by atoms with Crippen molar-refractivity contribution >= 4 is 0 Å². The molecule has 0 aromatic carbocycles. The van der Waals surface area contributed by atoms with Crippen LogP contribution in [0, 0.1) is 6.92 Å². The number of nitrogens with two attached hydrogens (primary N) is 1. The maximum atomic E-state index is 5.91. The highest BCUT2D eigenvalue weighted by atomic mass is 14.8. The molecule has 2 heteroatoms. The van der Waals surface area contributed by atoms with E-state index in [4.69, 9.17) is 5.73 Å². The minimum absolute atomic E-state index is 0.183. The van der Waals surface area contributed by atoms with Gasteiger partial charge in [0.15, 0.2) is 0 Å². The van der Waals surface area contributed by atoms with Crippen LogP contribution in [0.5, 0.6) is 0 Å². The Balaban J connectivity index is 2.52. The Labute approximate surface area is 73.2 Å². The molecule has 0 radical (unpaired) electrons. The highest BCUT2D eigenvalue weighted by molar-refractivity contribution is 5.41. The van der Waals surface area contributed by atoms with Crippen LogP contribution >= 0.6 is 0 Å². The van der Waals surface area contributed by atoms with E-state index in [9.17, 15) is 0 Å². The van der Waals surface area contributed by atoms with Crippen molar-refractivity contribution in [3.05, 3.63) is 22.5 Å². The predicted octanol–water partition coefficient (Wildman–Crippen LogP) is 1.83. The first kappa shape index (κ1) is 7.87. The van der Waals surface area contributed by atoms with E-state index in [0.29, 0.717) is 0 Å². The summed E-state index contributed by atoms with van der Waals surface area (Å²) in [6, 6.07) is 0.183. The number of fused-ring (bicyclic) bond motifs is 1. The minimum Gasteiger partial charge on any atom is -0.362 e. The average molecular weight is 164 g/mol. The van der Waals surface area contributed by atoms with E-state index < -0.39 is 0 Å². The quantitative estimate of drug-likeness (QED) is 0.653. The number of aryl methyl sites for hydroxylation is 2. The van der Waals surface area contributed by atoms with Gasteiger partial charge in [0.1, 0.15) is 0 Å². The van der Waals surface area contributed by atoms with Gasteiger partial charge < -0.3 is 10.7 Å². The third kappa shape index (κ3) is 0.985. The lowest BCUT2D eigenvalue weighted by atomic mass is 10.0. The number of nitrogens with one attached hydrogen (secondary N) is 1. The number of aromatic nitrogens is 1. The zero-order chi connectivity index (χ0) is 8.72. The molecule has 1 aromatic rings. The van der Waals surface area contributed by atoms with Gasteiger partial charge in [-0.3, -0.25) is 0 Å². The molecule has 0 fully saturated rings. The summed E-state index contributed by atoms with van der Waals surface area (Å²) >= 11 is 0. The second-order valence-corrected chi connectivity index (χ2v) is 3.76. The van der Waals surface area contributed by atoms with Crippen LogP contribution in [0.1, 0.15) is 41.9 Å². The zero-order valence-electron chi connectivity index (χ0n) is 7.78. The summed E-state index contributed by atoms with van der Waals surface area (Å²) in [5.74, 6) is 0. The molecule has 2 rings (SSSR count). The molecule has 12 heavy (non-hydrogen) atoms. The van der Waals surface area contributed by atoms with E-state index in [1.54, 1.807) is 0 Å². The lowest BCUT2D eigenvalue weighted by molar-refractivity contribution is 0.786. The Bertz CT molecular complexity index is 297. The highest BCUT2D eigenvalue weighted by Crippen LogP contribution is 2.30. The third-order valence-corrected chi connectivity index (χ3v) is 2.74. The van der Waals surface area contributed by atoms with Gasteiger partial charge in [-0.15, -0.1) is 0 Å². The second-order valence-electron chi connectivity index (χ2n) is 3.76. The monoisotopic (exact) mass is 164 g/mol. The van der Waals surface area contributed by atoms with Crippen molar-refractivity contribution in [2.75, 3.05) is 0 Å². The largest absolute Gasteiger partial charge is 0.362 e. The smallest absolute Gasteiger partial charge is 0.0286 e. The molecule has 1 aliphatic rings. The lowest BCUT2D eigenvalue weighted by Crippen LogP contribution is -2.07. The summed E-state index contributed by atoms with van der Waals surface area (Å²) in [5.41, 5.74) is 11.5. The standard InChI is InChI=1S/C10H16N2/c1-6(11)10-7(2)12-9-5-3-4-8(9)10/h6,12H,3-5,11H2,1-2H3. The molecule has 66 valence electrons. The van der Waals surface area contributed by atoms with E-state index in [2.05, 4.69) is 18.8 Å². The van der Waals surface area contributed by atoms with Crippen molar-refractivity contribution in [1.29, 1.82) is 0 Å². The molecule has 1 unspecified atom stereocenters. The average Bonchev–Trinajstić information content (AvgIpc) is 2.44. The van der Waals surface area contributed by atoms with E-state index in [1.807, 2.05) is 0 Å². The van der Waals surface area contributed by atoms with Gasteiger partial charge in [-0.2, -0.15) is 0 Å². The summed E-state index contributed by atoms with van der Waals surface area (Å²) < 4.78 is 0. The summed E-state index contributed by atoms with van der Waals surface area (Å²) in [6.07, 6.45) is 3.72. The molecule has 1 heterocycles. The fraction of sp³-hybridized carbons (Fsp3) is 0.600. The van der Waals surface area contributed by atoms with Crippen LogP contribution in [-0.4, -0.2) is 4.98 Å². The highest BCUT2D eigenvalue weighted by Gasteiger charge is 2.20. The Hall–Kier alpha value is -0.760. The van der Waals surface area contributed by atoms with Crippen molar-refractivity contribution in [2.45, 2.75) is 39.2 Å². The van der Waals surface area contributed by atoms with Gasteiger partial charge in [0.05, 0.1) is 0 Å². The van der Waals surface area contributed by atoms with Crippen LogP contribution in [0.4, 0.5) is 0 Å². The number of hydrogen-bond donors (Lipinski definition) is 2. The topological polar surface area (TPSA) is 41.8 Å². The van der Waals surface area contributed by atoms with Crippen molar-refractivity contribution in [2.24, 2.45) is 5.73 Å². The molecular formula is C10H16N2.